The van der Waals surface area contributed by atoms with Crippen molar-refractivity contribution in [3.63, 3.8) is 0 Å². The molecule has 0 saturated carbocycles. The van der Waals surface area contributed by atoms with Crippen molar-refractivity contribution in [2.75, 3.05) is 11.5 Å². The lowest BCUT2D eigenvalue weighted by Crippen LogP contribution is -2.25. The molecule has 0 saturated heterocycles. The SMILES string of the molecule is C=CN(C(=O)c1ccccc1C)c1ccc(CCOC(=O)C(C)c2cccc(C(=O)c3ccccc3)c2)cc1. The molecule has 4 rings (SSSR count). The summed E-state index contributed by atoms with van der Waals surface area (Å²) < 4.78 is 5.55. The zero-order valence-corrected chi connectivity index (χ0v) is 22.2. The first-order chi connectivity index (χ1) is 18.9. The molecule has 4 aromatic carbocycles. The summed E-state index contributed by atoms with van der Waals surface area (Å²) in [5.41, 5.74) is 5.07. The van der Waals surface area contributed by atoms with Gasteiger partial charge in [0.05, 0.1) is 12.5 Å². The summed E-state index contributed by atoms with van der Waals surface area (Å²) in [6, 6.07) is 31.2. The summed E-state index contributed by atoms with van der Waals surface area (Å²) in [6.45, 7) is 7.71. The third-order valence-corrected chi connectivity index (χ3v) is 6.66. The maximum Gasteiger partial charge on any atom is 0.313 e. The first-order valence-corrected chi connectivity index (χ1v) is 12.9. The van der Waals surface area contributed by atoms with Crippen LogP contribution in [0.15, 0.2) is 116 Å². The van der Waals surface area contributed by atoms with Gasteiger partial charge < -0.3 is 4.74 Å². The van der Waals surface area contributed by atoms with E-state index < -0.39 is 5.92 Å². The second-order valence-corrected chi connectivity index (χ2v) is 9.30. The predicted molar refractivity (Wildman–Crippen MR) is 154 cm³/mol. The fourth-order valence-electron chi connectivity index (χ4n) is 4.31. The van der Waals surface area contributed by atoms with Crippen LogP contribution in [0.25, 0.3) is 0 Å². The molecule has 1 unspecified atom stereocenters. The molecule has 0 spiro atoms. The number of anilines is 1. The Morgan fingerprint density at radius 3 is 2.21 bits per heavy atom. The second-order valence-electron chi connectivity index (χ2n) is 9.30. The molecule has 0 bridgehead atoms. The number of rotatable bonds is 10. The highest BCUT2D eigenvalue weighted by Crippen LogP contribution is 2.22. The van der Waals surface area contributed by atoms with Gasteiger partial charge in [0.2, 0.25) is 0 Å². The fourth-order valence-corrected chi connectivity index (χ4v) is 4.31. The van der Waals surface area contributed by atoms with E-state index in [1.165, 1.54) is 11.1 Å². The van der Waals surface area contributed by atoms with Gasteiger partial charge in [0.1, 0.15) is 0 Å². The normalized spacial score (nSPS) is 11.3. The molecule has 5 heteroatoms. The average Bonchev–Trinajstić information content (AvgIpc) is 2.98. The molecule has 0 aliphatic rings. The van der Waals surface area contributed by atoms with Crippen molar-refractivity contribution in [3.05, 3.63) is 149 Å². The molecule has 0 aromatic heterocycles. The first kappa shape index (κ1) is 27.3. The summed E-state index contributed by atoms with van der Waals surface area (Å²) in [5.74, 6) is -1.09. The molecular formula is C34H31NO4. The minimum absolute atomic E-state index is 0.0860. The minimum Gasteiger partial charge on any atom is -0.465 e. The standard InChI is InChI=1S/C34H31NO4/c1-4-35(33(37)31-16-9-8-11-24(31)2)30-19-17-26(18-20-30)21-22-39-34(38)25(3)28-14-10-15-29(23-28)32(36)27-12-6-5-7-13-27/h4-20,23,25H,1,21-22H2,2-3H3. The number of esters is 1. The van der Waals surface area contributed by atoms with Gasteiger partial charge >= 0.3 is 5.97 Å². The number of carbonyl (C=O) groups is 3. The number of hydrogen-bond donors (Lipinski definition) is 0. The first-order valence-electron chi connectivity index (χ1n) is 12.9. The summed E-state index contributed by atoms with van der Waals surface area (Å²) in [7, 11) is 0. The number of aryl methyl sites for hydroxylation is 1. The van der Waals surface area contributed by atoms with Crippen LogP contribution in [-0.4, -0.2) is 24.3 Å². The smallest absolute Gasteiger partial charge is 0.313 e. The van der Waals surface area contributed by atoms with E-state index >= 15 is 0 Å². The lowest BCUT2D eigenvalue weighted by atomic mass is 9.96. The van der Waals surface area contributed by atoms with Gasteiger partial charge in [-0.05, 0) is 54.8 Å². The second kappa shape index (κ2) is 12.7. The van der Waals surface area contributed by atoms with Crippen LogP contribution >= 0.6 is 0 Å². The highest BCUT2D eigenvalue weighted by atomic mass is 16.5. The highest BCUT2D eigenvalue weighted by Gasteiger charge is 2.19. The molecule has 0 fully saturated rings. The molecule has 39 heavy (non-hydrogen) atoms. The van der Waals surface area contributed by atoms with E-state index in [4.69, 9.17) is 4.74 Å². The van der Waals surface area contributed by atoms with E-state index in [0.717, 1.165) is 16.7 Å². The molecule has 1 amide bonds. The zero-order chi connectivity index (χ0) is 27.8. The van der Waals surface area contributed by atoms with Crippen molar-refractivity contribution in [2.45, 2.75) is 26.2 Å². The van der Waals surface area contributed by atoms with E-state index in [-0.39, 0.29) is 24.3 Å². The molecular weight excluding hydrogens is 486 g/mol. The van der Waals surface area contributed by atoms with E-state index in [1.54, 1.807) is 43.3 Å². The largest absolute Gasteiger partial charge is 0.465 e. The van der Waals surface area contributed by atoms with Gasteiger partial charge in [-0.2, -0.15) is 0 Å². The monoisotopic (exact) mass is 517 g/mol. The molecule has 5 nitrogen and oxygen atoms in total. The Kier molecular flexibility index (Phi) is 8.85. The molecule has 0 radical (unpaired) electrons. The van der Waals surface area contributed by atoms with Gasteiger partial charge in [-0.25, -0.2) is 0 Å². The van der Waals surface area contributed by atoms with Crippen LogP contribution in [0.3, 0.4) is 0 Å². The third kappa shape index (κ3) is 6.57. The van der Waals surface area contributed by atoms with Crippen LogP contribution in [-0.2, 0) is 16.0 Å². The maximum absolute atomic E-state index is 13.0. The van der Waals surface area contributed by atoms with Crippen LogP contribution in [0.2, 0.25) is 0 Å². The summed E-state index contributed by atoms with van der Waals surface area (Å²) in [5, 5.41) is 0. The Bertz CT molecular complexity index is 1470. The lowest BCUT2D eigenvalue weighted by Gasteiger charge is -2.19. The lowest BCUT2D eigenvalue weighted by molar-refractivity contribution is -0.144. The van der Waals surface area contributed by atoms with Crippen LogP contribution in [0.5, 0.6) is 0 Å². The van der Waals surface area contributed by atoms with Crippen LogP contribution < -0.4 is 4.90 Å². The molecule has 196 valence electrons. The molecule has 0 heterocycles. The van der Waals surface area contributed by atoms with E-state index in [0.29, 0.717) is 28.8 Å². The molecule has 0 N–H and O–H groups in total. The Morgan fingerprint density at radius 1 is 0.846 bits per heavy atom. The highest BCUT2D eigenvalue weighted by molar-refractivity contribution is 6.09. The predicted octanol–water partition coefficient (Wildman–Crippen LogP) is 6.91. The van der Waals surface area contributed by atoms with Crippen LogP contribution in [0.1, 0.15) is 55.8 Å². The number of amides is 1. The summed E-state index contributed by atoms with van der Waals surface area (Å²) in [4.78, 5) is 40.1. The van der Waals surface area contributed by atoms with Gasteiger partial charge in [0.25, 0.3) is 5.91 Å². The Balaban J connectivity index is 1.33. The van der Waals surface area contributed by atoms with Crippen molar-refractivity contribution in [2.24, 2.45) is 0 Å². The average molecular weight is 518 g/mol. The van der Waals surface area contributed by atoms with Gasteiger partial charge in [-0.1, -0.05) is 85.4 Å². The maximum atomic E-state index is 13.0. The quantitative estimate of drug-likeness (QED) is 0.169. The molecule has 0 aliphatic carbocycles. The zero-order valence-electron chi connectivity index (χ0n) is 22.2. The number of benzene rings is 4. The van der Waals surface area contributed by atoms with Crippen molar-refractivity contribution in [3.8, 4) is 0 Å². The van der Waals surface area contributed by atoms with Gasteiger partial charge in [0.15, 0.2) is 5.78 Å². The number of nitrogens with zero attached hydrogens (tertiary/aromatic N) is 1. The van der Waals surface area contributed by atoms with E-state index in [9.17, 15) is 14.4 Å². The Hall–Kier alpha value is -4.77. The van der Waals surface area contributed by atoms with Gasteiger partial charge in [0, 0.05) is 35.0 Å². The summed E-state index contributed by atoms with van der Waals surface area (Å²) >= 11 is 0. The van der Waals surface area contributed by atoms with Crippen molar-refractivity contribution in [1.82, 2.24) is 0 Å². The van der Waals surface area contributed by atoms with Crippen molar-refractivity contribution in [1.29, 1.82) is 0 Å². The minimum atomic E-state index is -0.510. The summed E-state index contributed by atoms with van der Waals surface area (Å²) in [6.07, 6.45) is 2.04. The Labute approximate surface area is 229 Å². The van der Waals surface area contributed by atoms with Crippen LogP contribution in [0.4, 0.5) is 5.69 Å². The van der Waals surface area contributed by atoms with Crippen LogP contribution in [0, 0.1) is 6.92 Å². The molecule has 0 aliphatic heterocycles. The molecule has 1 atom stereocenters. The van der Waals surface area contributed by atoms with Crippen molar-refractivity contribution < 1.29 is 19.1 Å². The fraction of sp³-hybridized carbons (Fsp3) is 0.147. The van der Waals surface area contributed by atoms with Crippen molar-refractivity contribution >= 4 is 23.3 Å². The number of ether oxygens (including phenoxy) is 1. The molecule has 4 aromatic rings. The van der Waals surface area contributed by atoms with E-state index in [2.05, 4.69) is 6.58 Å². The van der Waals surface area contributed by atoms with E-state index in [1.807, 2.05) is 73.7 Å². The topological polar surface area (TPSA) is 63.7 Å². The number of ketones is 1. The van der Waals surface area contributed by atoms with Gasteiger partial charge in [-0.3, -0.25) is 19.3 Å². The van der Waals surface area contributed by atoms with Gasteiger partial charge in [-0.15, -0.1) is 0 Å². The third-order valence-electron chi connectivity index (χ3n) is 6.66. The Morgan fingerprint density at radius 2 is 1.51 bits per heavy atom. The number of hydrogen-bond acceptors (Lipinski definition) is 4. The number of carbonyl (C=O) groups excluding carboxylic acids is 3.